The molecule has 0 fully saturated rings. The van der Waals surface area contributed by atoms with Gasteiger partial charge in [0, 0.05) is 9.90 Å². The number of rotatable bonds is 3. The molecule has 0 atom stereocenters. The minimum Gasteiger partial charge on any atom is -0.266 e. The lowest BCUT2D eigenvalue weighted by atomic mass is 10.2. The first kappa shape index (κ1) is 16.2. The molecule has 124 valence electrons. The summed E-state index contributed by atoms with van der Waals surface area (Å²) in [5, 5.41) is 7.00. The van der Waals surface area contributed by atoms with E-state index in [0.717, 1.165) is 16.0 Å². The summed E-state index contributed by atoms with van der Waals surface area (Å²) in [6.45, 7) is 2.03. The summed E-state index contributed by atoms with van der Waals surface area (Å²) < 4.78 is 2.01. The molecule has 0 aliphatic rings. The summed E-state index contributed by atoms with van der Waals surface area (Å²) in [5.41, 5.74) is 2.02. The molecule has 0 bridgehead atoms. The zero-order chi connectivity index (χ0) is 17.4. The van der Waals surface area contributed by atoms with Gasteiger partial charge in [0.1, 0.15) is 0 Å². The lowest BCUT2D eigenvalue weighted by Gasteiger charge is -1.91. The molecule has 0 aliphatic carbocycles. The van der Waals surface area contributed by atoms with Crippen molar-refractivity contribution in [2.45, 2.75) is 6.92 Å². The highest BCUT2D eigenvalue weighted by molar-refractivity contribution is 7.15. The highest BCUT2D eigenvalue weighted by Crippen LogP contribution is 2.16. The number of halogens is 1. The van der Waals surface area contributed by atoms with Gasteiger partial charge in [-0.05, 0) is 53.8 Å². The van der Waals surface area contributed by atoms with Crippen LogP contribution in [-0.2, 0) is 0 Å². The summed E-state index contributed by atoms with van der Waals surface area (Å²) >= 11 is 8.84. The maximum Gasteiger partial charge on any atom is 0.291 e. The van der Waals surface area contributed by atoms with E-state index in [2.05, 4.69) is 10.1 Å². The first-order valence-electron chi connectivity index (χ1n) is 7.49. The van der Waals surface area contributed by atoms with Gasteiger partial charge in [-0.2, -0.15) is 9.50 Å². The average molecular weight is 386 g/mol. The molecular formula is C18H12ClN3OS2. The Morgan fingerprint density at radius 3 is 2.64 bits per heavy atom. The molecule has 1 aromatic carbocycles. The van der Waals surface area contributed by atoms with Crippen molar-refractivity contribution in [1.82, 2.24) is 14.6 Å². The molecule has 4 nitrogen and oxygen atoms in total. The Kier molecular flexibility index (Phi) is 4.25. The van der Waals surface area contributed by atoms with E-state index in [1.807, 2.05) is 54.8 Å². The van der Waals surface area contributed by atoms with Crippen molar-refractivity contribution in [3.05, 3.63) is 77.4 Å². The number of thiazole rings is 1. The Labute approximate surface area is 156 Å². The van der Waals surface area contributed by atoms with Crippen molar-refractivity contribution in [3.8, 4) is 0 Å². The Hall–Kier alpha value is -2.28. The lowest BCUT2D eigenvalue weighted by Crippen LogP contribution is -2.23. The van der Waals surface area contributed by atoms with Crippen LogP contribution in [0.2, 0.25) is 5.02 Å². The van der Waals surface area contributed by atoms with Crippen LogP contribution < -0.4 is 10.1 Å². The van der Waals surface area contributed by atoms with Gasteiger partial charge in [-0.3, -0.25) is 4.79 Å². The number of benzene rings is 1. The summed E-state index contributed by atoms with van der Waals surface area (Å²) in [4.78, 5) is 18.6. The van der Waals surface area contributed by atoms with E-state index in [1.54, 1.807) is 17.4 Å². The van der Waals surface area contributed by atoms with Gasteiger partial charge in [-0.1, -0.05) is 41.1 Å². The van der Waals surface area contributed by atoms with Crippen molar-refractivity contribution >= 4 is 57.5 Å². The molecule has 4 aromatic rings. The maximum atomic E-state index is 12.5. The van der Waals surface area contributed by atoms with E-state index in [9.17, 15) is 4.79 Å². The minimum atomic E-state index is -0.133. The van der Waals surface area contributed by atoms with E-state index < -0.39 is 0 Å². The molecule has 0 amide bonds. The van der Waals surface area contributed by atoms with Crippen LogP contribution >= 0.6 is 34.3 Å². The van der Waals surface area contributed by atoms with Gasteiger partial charge >= 0.3 is 0 Å². The van der Waals surface area contributed by atoms with Crippen LogP contribution in [0.25, 0.3) is 23.2 Å². The Balaban J connectivity index is 1.68. The van der Waals surface area contributed by atoms with Crippen LogP contribution in [-0.4, -0.2) is 14.6 Å². The van der Waals surface area contributed by atoms with Gasteiger partial charge in [0.15, 0.2) is 5.82 Å². The van der Waals surface area contributed by atoms with E-state index in [-0.39, 0.29) is 5.56 Å². The lowest BCUT2D eigenvalue weighted by molar-refractivity contribution is 0.925. The summed E-state index contributed by atoms with van der Waals surface area (Å²) in [6, 6.07) is 9.51. The zero-order valence-electron chi connectivity index (χ0n) is 13.1. The monoisotopic (exact) mass is 385 g/mol. The van der Waals surface area contributed by atoms with Crippen molar-refractivity contribution in [2.75, 3.05) is 0 Å². The molecule has 0 saturated carbocycles. The van der Waals surface area contributed by atoms with Gasteiger partial charge in [0.05, 0.1) is 4.53 Å². The van der Waals surface area contributed by atoms with Crippen LogP contribution in [0.15, 0.2) is 40.5 Å². The molecule has 3 aromatic heterocycles. The van der Waals surface area contributed by atoms with Crippen molar-refractivity contribution in [1.29, 1.82) is 0 Å². The number of hydrogen-bond donors (Lipinski definition) is 0. The molecule has 0 aliphatic heterocycles. The topological polar surface area (TPSA) is 47.3 Å². The summed E-state index contributed by atoms with van der Waals surface area (Å²) in [7, 11) is 0. The molecule has 7 heteroatoms. The second kappa shape index (κ2) is 6.55. The van der Waals surface area contributed by atoms with E-state index in [0.29, 0.717) is 20.3 Å². The molecular weight excluding hydrogens is 374 g/mol. The maximum absolute atomic E-state index is 12.5. The van der Waals surface area contributed by atoms with Crippen LogP contribution in [0.5, 0.6) is 0 Å². The van der Waals surface area contributed by atoms with Gasteiger partial charge in [0.25, 0.3) is 5.56 Å². The standard InChI is InChI=1S/C18H12ClN3OS2/c1-11-8-9-24-14(11)10-15-17(23)22-18(25-15)20-16(21-22)7-4-12-2-5-13(19)6-3-12/h2-10H,1H3/b7-4+,15-10+. The molecule has 4 rings (SSSR count). The SMILES string of the molecule is Cc1ccsc1/C=c1/sc2nc(/C=C/c3ccc(Cl)cc3)nn2c1=O. The van der Waals surface area contributed by atoms with Crippen LogP contribution in [0.3, 0.4) is 0 Å². The van der Waals surface area contributed by atoms with Crippen LogP contribution in [0.4, 0.5) is 0 Å². The normalized spacial score (nSPS) is 12.6. The van der Waals surface area contributed by atoms with Gasteiger partial charge < -0.3 is 0 Å². The molecule has 0 saturated heterocycles. The predicted octanol–water partition coefficient (Wildman–Crippen LogP) is 3.89. The van der Waals surface area contributed by atoms with Crippen LogP contribution in [0.1, 0.15) is 21.8 Å². The number of fused-ring (bicyclic) bond motifs is 1. The quantitative estimate of drug-likeness (QED) is 0.537. The minimum absolute atomic E-state index is 0.133. The Morgan fingerprint density at radius 1 is 1.16 bits per heavy atom. The smallest absolute Gasteiger partial charge is 0.266 e. The van der Waals surface area contributed by atoms with Gasteiger partial charge in [0.2, 0.25) is 4.96 Å². The first-order valence-corrected chi connectivity index (χ1v) is 9.56. The largest absolute Gasteiger partial charge is 0.291 e. The van der Waals surface area contributed by atoms with Gasteiger partial charge in [-0.25, -0.2) is 0 Å². The van der Waals surface area contributed by atoms with Crippen molar-refractivity contribution in [2.24, 2.45) is 0 Å². The molecule has 0 radical (unpaired) electrons. The second-order valence-electron chi connectivity index (χ2n) is 5.43. The fourth-order valence-electron chi connectivity index (χ4n) is 2.32. The summed E-state index contributed by atoms with van der Waals surface area (Å²) in [6.07, 6.45) is 5.59. The number of nitrogens with zero attached hydrogens (tertiary/aromatic N) is 3. The highest BCUT2D eigenvalue weighted by Gasteiger charge is 2.09. The summed E-state index contributed by atoms with van der Waals surface area (Å²) in [5.74, 6) is 0.511. The average Bonchev–Trinajstić information content (AvgIpc) is 3.26. The first-order chi connectivity index (χ1) is 12.1. The third-order valence-electron chi connectivity index (χ3n) is 3.66. The fourth-order valence-corrected chi connectivity index (χ4v) is 4.27. The van der Waals surface area contributed by atoms with Gasteiger partial charge in [-0.15, -0.1) is 16.4 Å². The van der Waals surface area contributed by atoms with Crippen LogP contribution in [0, 0.1) is 6.92 Å². The second-order valence-corrected chi connectivity index (χ2v) is 7.83. The molecule has 3 heterocycles. The molecule has 0 unspecified atom stereocenters. The Bertz CT molecular complexity index is 1190. The van der Waals surface area contributed by atoms with Crippen molar-refractivity contribution < 1.29 is 0 Å². The third-order valence-corrected chi connectivity index (χ3v) is 5.83. The Morgan fingerprint density at radius 2 is 1.96 bits per heavy atom. The van der Waals surface area contributed by atoms with E-state index >= 15 is 0 Å². The third kappa shape index (κ3) is 3.28. The number of aryl methyl sites for hydroxylation is 1. The number of thiophene rings is 1. The number of aromatic nitrogens is 3. The molecule has 0 N–H and O–H groups in total. The van der Waals surface area contributed by atoms with E-state index in [1.165, 1.54) is 15.9 Å². The van der Waals surface area contributed by atoms with Crippen molar-refractivity contribution in [3.63, 3.8) is 0 Å². The highest BCUT2D eigenvalue weighted by atomic mass is 35.5. The van der Waals surface area contributed by atoms with E-state index in [4.69, 9.17) is 11.6 Å². The fraction of sp³-hybridized carbons (Fsp3) is 0.0556. The molecule has 0 spiro atoms. The number of hydrogen-bond acceptors (Lipinski definition) is 5. The zero-order valence-corrected chi connectivity index (χ0v) is 15.5. The predicted molar refractivity (Wildman–Crippen MR) is 105 cm³/mol. The molecule has 25 heavy (non-hydrogen) atoms.